The number of benzene rings is 1. The molecule has 0 bridgehead atoms. The lowest BCUT2D eigenvalue weighted by molar-refractivity contribution is 0.0691. The number of hydrogen-bond donors (Lipinski definition) is 0. The van der Waals surface area contributed by atoms with Crippen LogP contribution in [-0.2, 0) is 4.74 Å². The highest BCUT2D eigenvalue weighted by atomic mass is 79.9. The third kappa shape index (κ3) is 2.40. The second-order valence-electron chi connectivity index (χ2n) is 1.95. The summed E-state index contributed by atoms with van der Waals surface area (Å²) >= 11 is 2.81. The van der Waals surface area contributed by atoms with E-state index < -0.39 is 5.97 Å². The van der Waals surface area contributed by atoms with E-state index in [-0.39, 0.29) is 0 Å². The lowest BCUT2D eigenvalue weighted by Gasteiger charge is -1.94. The molecule has 0 aliphatic carbocycles. The molecule has 1 rings (SSSR count). The molecule has 1 aromatic carbocycles. The van der Waals surface area contributed by atoms with E-state index in [1.165, 1.54) is 0 Å². The number of carbonyl (C=O) groups is 1. The minimum atomic E-state index is -0.442. The molecule has 1 aromatic rings. The van der Waals surface area contributed by atoms with Crippen molar-refractivity contribution >= 4 is 21.9 Å². The monoisotopic (exact) mass is 224 g/mol. The van der Waals surface area contributed by atoms with Crippen LogP contribution < -0.4 is 0 Å². The van der Waals surface area contributed by atoms with Crippen molar-refractivity contribution in [3.8, 4) is 10.9 Å². The number of rotatable bonds is 1. The molecule has 0 spiro atoms. The Hall–Kier alpha value is -1.27. The van der Waals surface area contributed by atoms with Gasteiger partial charge in [-0.05, 0) is 12.1 Å². The first-order chi connectivity index (χ1) is 5.84. The van der Waals surface area contributed by atoms with E-state index in [9.17, 15) is 4.79 Å². The average Bonchev–Trinajstić information content (AvgIpc) is 2.15. The SMILES string of the molecule is O=C(OC#CBr)c1ccccc1. The summed E-state index contributed by atoms with van der Waals surface area (Å²) in [5.41, 5.74) is 0.493. The number of ether oxygens (including phenoxy) is 1. The van der Waals surface area contributed by atoms with Crippen LogP contribution in [0.2, 0.25) is 0 Å². The van der Waals surface area contributed by atoms with Gasteiger partial charge in [-0.3, -0.25) is 0 Å². The first-order valence-corrected chi connectivity index (χ1v) is 4.01. The second-order valence-corrected chi connectivity index (χ2v) is 2.35. The largest absolute Gasteiger partial charge is 0.368 e. The zero-order chi connectivity index (χ0) is 8.81. The van der Waals surface area contributed by atoms with Crippen molar-refractivity contribution in [1.82, 2.24) is 0 Å². The van der Waals surface area contributed by atoms with Gasteiger partial charge < -0.3 is 4.74 Å². The summed E-state index contributed by atoms with van der Waals surface area (Å²) in [7, 11) is 0. The quantitative estimate of drug-likeness (QED) is 0.540. The van der Waals surface area contributed by atoms with Gasteiger partial charge in [0.1, 0.15) is 6.11 Å². The van der Waals surface area contributed by atoms with Gasteiger partial charge in [0, 0.05) is 20.8 Å². The number of halogens is 1. The Bertz CT molecular complexity index is 321. The molecule has 0 aliphatic heterocycles. The van der Waals surface area contributed by atoms with E-state index in [0.29, 0.717) is 5.56 Å². The van der Waals surface area contributed by atoms with E-state index in [4.69, 9.17) is 0 Å². The van der Waals surface area contributed by atoms with Gasteiger partial charge in [-0.1, -0.05) is 18.2 Å². The van der Waals surface area contributed by atoms with E-state index in [2.05, 4.69) is 31.6 Å². The molecule has 0 unspecified atom stereocenters. The van der Waals surface area contributed by atoms with Gasteiger partial charge in [0.2, 0.25) is 0 Å². The van der Waals surface area contributed by atoms with Gasteiger partial charge in [0.25, 0.3) is 0 Å². The minimum absolute atomic E-state index is 0.442. The van der Waals surface area contributed by atoms with Crippen molar-refractivity contribution in [2.45, 2.75) is 0 Å². The van der Waals surface area contributed by atoms with Crippen LogP contribution in [0.1, 0.15) is 10.4 Å². The fourth-order valence-electron chi connectivity index (χ4n) is 0.699. The van der Waals surface area contributed by atoms with Crippen molar-refractivity contribution in [3.05, 3.63) is 35.9 Å². The summed E-state index contributed by atoms with van der Waals surface area (Å²) in [4.78, 5) is 13.3. The lowest BCUT2D eigenvalue weighted by Crippen LogP contribution is -1.99. The van der Waals surface area contributed by atoms with E-state index in [1.54, 1.807) is 24.3 Å². The molecule has 2 nitrogen and oxygen atoms in total. The molecule has 0 atom stereocenters. The minimum Gasteiger partial charge on any atom is -0.368 e. The summed E-state index contributed by atoms with van der Waals surface area (Å²) in [5, 5.41) is 0. The topological polar surface area (TPSA) is 26.3 Å². The van der Waals surface area contributed by atoms with Gasteiger partial charge >= 0.3 is 5.97 Å². The maximum atomic E-state index is 11.1. The molecular formula is C9H5BrO2. The molecule has 0 fully saturated rings. The van der Waals surface area contributed by atoms with Crippen molar-refractivity contribution < 1.29 is 9.53 Å². The third-order valence-electron chi connectivity index (χ3n) is 1.19. The number of esters is 1. The zero-order valence-corrected chi connectivity index (χ0v) is 7.67. The maximum absolute atomic E-state index is 11.1. The molecule has 0 radical (unpaired) electrons. The molecule has 3 heteroatoms. The normalized spacial score (nSPS) is 8.08. The fraction of sp³-hybridized carbons (Fsp3) is 0. The summed E-state index contributed by atoms with van der Waals surface area (Å²) in [6, 6.07) is 8.68. The lowest BCUT2D eigenvalue weighted by atomic mass is 10.2. The van der Waals surface area contributed by atoms with Crippen molar-refractivity contribution in [1.29, 1.82) is 0 Å². The second kappa shape index (κ2) is 4.58. The van der Waals surface area contributed by atoms with Crippen molar-refractivity contribution in [2.75, 3.05) is 0 Å². The first-order valence-electron chi connectivity index (χ1n) is 3.21. The number of hydrogen-bond acceptors (Lipinski definition) is 2. The molecular weight excluding hydrogens is 220 g/mol. The van der Waals surface area contributed by atoms with Crippen LogP contribution in [0.3, 0.4) is 0 Å². The maximum Gasteiger partial charge on any atom is 0.352 e. The van der Waals surface area contributed by atoms with Gasteiger partial charge in [0.15, 0.2) is 0 Å². The molecule has 0 heterocycles. The molecule has 0 aromatic heterocycles. The standard InChI is InChI=1S/C9H5BrO2/c10-6-7-12-9(11)8-4-2-1-3-5-8/h1-5H. The molecule has 12 heavy (non-hydrogen) atoms. The Labute approximate surface area is 78.7 Å². The van der Waals surface area contributed by atoms with Crippen LogP contribution in [0.4, 0.5) is 0 Å². The molecule has 0 N–H and O–H groups in total. The van der Waals surface area contributed by atoms with Crippen molar-refractivity contribution in [2.24, 2.45) is 0 Å². The third-order valence-corrected chi connectivity index (χ3v) is 1.35. The molecule has 0 saturated heterocycles. The van der Waals surface area contributed by atoms with Crippen LogP contribution in [0.15, 0.2) is 30.3 Å². The van der Waals surface area contributed by atoms with Gasteiger partial charge in [-0.15, -0.1) is 0 Å². The van der Waals surface area contributed by atoms with Crippen molar-refractivity contribution in [3.63, 3.8) is 0 Å². The summed E-state index contributed by atoms with van der Waals surface area (Å²) in [5.74, 6) is -0.442. The number of carbonyl (C=O) groups excluding carboxylic acids is 1. The molecule has 60 valence electrons. The fourth-order valence-corrected chi connectivity index (χ4v) is 0.780. The summed E-state index contributed by atoms with van der Waals surface area (Å²) < 4.78 is 4.53. The molecule has 0 amide bonds. The highest BCUT2D eigenvalue weighted by molar-refractivity contribution is 9.12. The Morgan fingerprint density at radius 2 is 2.00 bits per heavy atom. The van der Waals surface area contributed by atoms with Crippen LogP contribution in [0, 0.1) is 10.9 Å². The highest BCUT2D eigenvalue weighted by Gasteiger charge is 2.02. The highest BCUT2D eigenvalue weighted by Crippen LogP contribution is 1.99. The Kier molecular flexibility index (Phi) is 3.36. The smallest absolute Gasteiger partial charge is 0.352 e. The average molecular weight is 225 g/mol. The molecule has 0 saturated carbocycles. The van der Waals surface area contributed by atoms with Gasteiger partial charge in [-0.2, -0.15) is 0 Å². The van der Waals surface area contributed by atoms with Crippen LogP contribution in [0.25, 0.3) is 0 Å². The Morgan fingerprint density at radius 3 is 2.58 bits per heavy atom. The first kappa shape index (κ1) is 8.82. The Morgan fingerprint density at radius 1 is 1.33 bits per heavy atom. The molecule has 0 aliphatic rings. The van der Waals surface area contributed by atoms with Crippen LogP contribution >= 0.6 is 15.9 Å². The van der Waals surface area contributed by atoms with E-state index in [1.807, 2.05) is 6.07 Å². The predicted octanol–water partition coefficient (Wildman–Crippen LogP) is 2.16. The summed E-state index contributed by atoms with van der Waals surface area (Å²) in [6.07, 6.45) is 2.16. The summed E-state index contributed by atoms with van der Waals surface area (Å²) in [6.45, 7) is 0. The van der Waals surface area contributed by atoms with Gasteiger partial charge in [0.05, 0.1) is 5.56 Å². The van der Waals surface area contributed by atoms with Gasteiger partial charge in [-0.25, -0.2) is 4.79 Å². The van der Waals surface area contributed by atoms with Crippen LogP contribution in [-0.4, -0.2) is 5.97 Å². The van der Waals surface area contributed by atoms with Crippen LogP contribution in [0.5, 0.6) is 0 Å². The predicted molar refractivity (Wildman–Crippen MR) is 48.6 cm³/mol. The van der Waals surface area contributed by atoms with E-state index >= 15 is 0 Å². The Balaban J connectivity index is 2.70. The zero-order valence-electron chi connectivity index (χ0n) is 6.08. The van der Waals surface area contributed by atoms with E-state index in [0.717, 1.165) is 0 Å².